The maximum Gasteiger partial charge on any atom is 0.417 e. The molecule has 0 spiro atoms. The molecule has 1 saturated carbocycles. The molecule has 36 heavy (non-hydrogen) atoms. The van der Waals surface area contributed by atoms with E-state index in [2.05, 4.69) is 20.6 Å². The summed E-state index contributed by atoms with van der Waals surface area (Å²) in [5.74, 6) is 0.890. The number of nitrogens with one attached hydrogen (secondary N) is 1. The van der Waals surface area contributed by atoms with Crippen LogP contribution in [-0.2, 0) is 16.2 Å². The number of ether oxygens (including phenoxy) is 1. The maximum absolute atomic E-state index is 13.3. The predicted octanol–water partition coefficient (Wildman–Crippen LogP) is 4.90. The lowest BCUT2D eigenvalue weighted by Gasteiger charge is -2.43. The minimum Gasteiger partial charge on any atom is -0.489 e. The molecule has 0 amide bonds. The van der Waals surface area contributed by atoms with E-state index < -0.39 is 26.7 Å². The van der Waals surface area contributed by atoms with Gasteiger partial charge in [0.05, 0.1) is 22.3 Å². The normalized spacial score (nSPS) is 22.1. The highest BCUT2D eigenvalue weighted by atomic mass is 32.2. The molecular formula is C26H34F3N3O3S. The van der Waals surface area contributed by atoms with E-state index in [4.69, 9.17) is 4.74 Å². The van der Waals surface area contributed by atoms with E-state index in [0.29, 0.717) is 18.9 Å². The minimum atomic E-state index is -4.73. The number of nitrogens with zero attached hydrogens (tertiary/aromatic N) is 2. The van der Waals surface area contributed by atoms with Crippen LogP contribution in [0.1, 0.15) is 45.1 Å². The summed E-state index contributed by atoms with van der Waals surface area (Å²) in [4.78, 5) is 4.08. The van der Waals surface area contributed by atoms with Gasteiger partial charge in [-0.1, -0.05) is 24.3 Å². The van der Waals surface area contributed by atoms with E-state index in [9.17, 15) is 21.6 Å². The van der Waals surface area contributed by atoms with Crippen molar-refractivity contribution in [1.29, 1.82) is 0 Å². The van der Waals surface area contributed by atoms with E-state index in [0.717, 1.165) is 62.6 Å². The molecular weight excluding hydrogens is 491 g/mol. The van der Waals surface area contributed by atoms with Gasteiger partial charge in [-0.25, -0.2) is 13.1 Å². The number of hydrogen-bond donors (Lipinski definition) is 1. The molecule has 1 aliphatic carbocycles. The molecule has 198 valence electrons. The largest absolute Gasteiger partial charge is 0.489 e. The van der Waals surface area contributed by atoms with Crippen LogP contribution in [0.2, 0.25) is 0 Å². The Hall–Kier alpha value is -2.30. The molecule has 2 aromatic carbocycles. The summed E-state index contributed by atoms with van der Waals surface area (Å²) in [5.41, 5.74) is -0.0347. The highest BCUT2D eigenvalue weighted by Gasteiger charge is 2.38. The second-order valence-electron chi connectivity index (χ2n) is 9.78. The minimum absolute atomic E-state index is 0.0991. The summed E-state index contributed by atoms with van der Waals surface area (Å²) in [6, 6.07) is 12.4. The molecule has 0 radical (unpaired) electrons. The molecule has 0 aromatic heterocycles. The van der Waals surface area contributed by atoms with Gasteiger partial charge >= 0.3 is 6.18 Å². The number of hydrogen-bond acceptors (Lipinski definition) is 5. The second-order valence-corrected chi connectivity index (χ2v) is 11.5. The zero-order valence-corrected chi connectivity index (χ0v) is 21.5. The summed E-state index contributed by atoms with van der Waals surface area (Å²) in [5, 5.41) is 0. The number of alkyl halides is 3. The molecule has 0 atom stereocenters. The summed E-state index contributed by atoms with van der Waals surface area (Å²) >= 11 is 0. The van der Waals surface area contributed by atoms with Gasteiger partial charge in [-0.2, -0.15) is 13.2 Å². The fourth-order valence-corrected chi connectivity index (χ4v) is 6.71. The Morgan fingerprint density at radius 3 is 2.17 bits per heavy atom. The number of halogens is 3. The third-order valence-corrected chi connectivity index (χ3v) is 8.48. The first kappa shape index (κ1) is 26.8. The predicted molar refractivity (Wildman–Crippen MR) is 134 cm³/mol. The van der Waals surface area contributed by atoms with E-state index in [1.54, 1.807) is 0 Å². The Morgan fingerprint density at radius 2 is 1.53 bits per heavy atom. The van der Waals surface area contributed by atoms with Gasteiger partial charge < -0.3 is 9.64 Å². The highest BCUT2D eigenvalue weighted by Crippen LogP contribution is 2.35. The summed E-state index contributed by atoms with van der Waals surface area (Å²) in [6.07, 6.45) is -1.82. The van der Waals surface area contributed by atoms with Crippen molar-refractivity contribution in [3.63, 3.8) is 0 Å². The standard InChI is InChI=1S/C26H34F3N3O3S/c1-19(2)35-24-9-5-4-8-23(24)32-17-15-31(16-18-32)21-13-11-20(12-14-21)30-36(33,34)25-10-6-3-7-22(25)26(27,28)29/h3-10,19-21,30H,11-18H2,1-2H3. The van der Waals surface area contributed by atoms with E-state index in [1.807, 2.05) is 32.0 Å². The summed E-state index contributed by atoms with van der Waals surface area (Å²) < 4.78 is 74.0. The van der Waals surface area contributed by atoms with Crippen molar-refractivity contribution >= 4 is 15.7 Å². The van der Waals surface area contributed by atoms with E-state index in [1.165, 1.54) is 12.1 Å². The smallest absolute Gasteiger partial charge is 0.417 e. The van der Waals surface area contributed by atoms with Gasteiger partial charge in [0.15, 0.2) is 0 Å². The average Bonchev–Trinajstić information content (AvgIpc) is 2.84. The molecule has 1 N–H and O–H groups in total. The maximum atomic E-state index is 13.3. The van der Waals surface area contributed by atoms with Gasteiger partial charge in [0.25, 0.3) is 0 Å². The van der Waals surface area contributed by atoms with Gasteiger partial charge in [0, 0.05) is 38.3 Å². The Morgan fingerprint density at radius 1 is 0.917 bits per heavy atom. The van der Waals surface area contributed by atoms with E-state index >= 15 is 0 Å². The molecule has 1 heterocycles. The number of piperazine rings is 1. The van der Waals surface area contributed by atoms with Crippen LogP contribution in [-0.4, -0.2) is 57.7 Å². The van der Waals surface area contributed by atoms with Gasteiger partial charge in [-0.05, 0) is 63.8 Å². The first-order valence-corrected chi connectivity index (χ1v) is 14.0. The number of anilines is 1. The second kappa shape index (κ2) is 11.0. The van der Waals surface area contributed by atoms with Crippen LogP contribution in [0.3, 0.4) is 0 Å². The van der Waals surface area contributed by atoms with Gasteiger partial charge in [-0.3, -0.25) is 4.90 Å². The molecule has 4 rings (SSSR count). The Kier molecular flexibility index (Phi) is 8.16. The van der Waals surface area contributed by atoms with Crippen LogP contribution < -0.4 is 14.4 Å². The lowest BCUT2D eigenvalue weighted by molar-refractivity contribution is -0.139. The molecule has 1 aliphatic heterocycles. The van der Waals surface area contributed by atoms with Crippen molar-refractivity contribution in [2.24, 2.45) is 0 Å². The van der Waals surface area contributed by atoms with E-state index in [-0.39, 0.29) is 12.1 Å². The molecule has 0 bridgehead atoms. The van der Waals surface area contributed by atoms with Crippen molar-refractivity contribution in [2.45, 2.75) is 68.8 Å². The third-order valence-electron chi connectivity index (χ3n) is 6.90. The lowest BCUT2D eigenvalue weighted by Crippen LogP contribution is -2.52. The quantitative estimate of drug-likeness (QED) is 0.557. The monoisotopic (exact) mass is 525 g/mol. The van der Waals surface area contributed by atoms with Crippen molar-refractivity contribution < 1.29 is 26.3 Å². The van der Waals surface area contributed by atoms with Crippen LogP contribution >= 0.6 is 0 Å². The Balaban J connectivity index is 1.31. The first-order valence-electron chi connectivity index (χ1n) is 12.5. The molecule has 1 saturated heterocycles. The van der Waals surface area contributed by atoms with Gasteiger partial charge in [0.1, 0.15) is 5.75 Å². The van der Waals surface area contributed by atoms with Crippen LogP contribution in [0.5, 0.6) is 5.75 Å². The Bertz CT molecular complexity index is 1120. The number of para-hydroxylation sites is 2. The average molecular weight is 526 g/mol. The first-order chi connectivity index (χ1) is 17.0. The van der Waals surface area contributed by atoms with Crippen LogP contribution in [0.25, 0.3) is 0 Å². The number of rotatable bonds is 7. The molecule has 2 fully saturated rings. The van der Waals surface area contributed by atoms with Gasteiger partial charge in [0.2, 0.25) is 10.0 Å². The fourth-order valence-electron chi connectivity index (χ4n) is 5.18. The fraction of sp³-hybridized carbons (Fsp3) is 0.538. The topological polar surface area (TPSA) is 61.9 Å². The molecule has 10 heteroatoms. The Labute approximate surface area is 211 Å². The van der Waals surface area contributed by atoms with Gasteiger partial charge in [-0.15, -0.1) is 0 Å². The summed E-state index contributed by atoms with van der Waals surface area (Å²) in [7, 11) is -4.27. The number of benzene rings is 2. The molecule has 2 aliphatic rings. The number of sulfonamides is 1. The molecule has 6 nitrogen and oxygen atoms in total. The highest BCUT2D eigenvalue weighted by molar-refractivity contribution is 7.89. The molecule has 2 aromatic rings. The van der Waals surface area contributed by atoms with Crippen LogP contribution in [0.4, 0.5) is 18.9 Å². The van der Waals surface area contributed by atoms with Crippen molar-refractivity contribution in [3.05, 3.63) is 54.1 Å². The SMILES string of the molecule is CC(C)Oc1ccccc1N1CCN(C2CCC(NS(=O)(=O)c3ccccc3C(F)(F)F)CC2)CC1. The molecule has 0 unspecified atom stereocenters. The van der Waals surface area contributed by atoms with Crippen molar-refractivity contribution in [2.75, 3.05) is 31.1 Å². The third kappa shape index (κ3) is 6.33. The van der Waals surface area contributed by atoms with Crippen LogP contribution in [0, 0.1) is 0 Å². The lowest BCUT2D eigenvalue weighted by atomic mass is 9.90. The van der Waals surface area contributed by atoms with Crippen molar-refractivity contribution in [3.8, 4) is 5.75 Å². The summed E-state index contributed by atoms with van der Waals surface area (Å²) in [6.45, 7) is 7.57. The zero-order valence-electron chi connectivity index (χ0n) is 20.7. The zero-order chi connectivity index (χ0) is 25.9. The van der Waals surface area contributed by atoms with Crippen LogP contribution in [0.15, 0.2) is 53.4 Å². The van der Waals surface area contributed by atoms with Crippen molar-refractivity contribution in [1.82, 2.24) is 9.62 Å².